The molecule has 3 rings (SSSR count). The van der Waals surface area contributed by atoms with Gasteiger partial charge in [-0.2, -0.15) is 0 Å². The van der Waals surface area contributed by atoms with Crippen LogP contribution in [0.25, 0.3) is 0 Å². The molecule has 20 heavy (non-hydrogen) atoms. The summed E-state index contributed by atoms with van der Waals surface area (Å²) in [4.78, 5) is 0. The van der Waals surface area contributed by atoms with Gasteiger partial charge in [-0.25, -0.2) is 0 Å². The third-order valence-electron chi connectivity index (χ3n) is 4.32. The summed E-state index contributed by atoms with van der Waals surface area (Å²) in [6, 6.07) is 16.8. The maximum atomic E-state index is 6.77. The summed E-state index contributed by atoms with van der Waals surface area (Å²) in [7, 11) is 1.72. The van der Waals surface area contributed by atoms with Gasteiger partial charge in [-0.05, 0) is 48.4 Å². The number of ether oxygens (including phenoxy) is 1. The first-order chi connectivity index (χ1) is 9.73. The average molecular weight is 267 g/mol. The number of para-hydroxylation sites is 1. The van der Waals surface area contributed by atoms with Crippen LogP contribution < -0.4 is 10.5 Å². The molecule has 1 aliphatic carbocycles. The molecule has 2 N–H and O–H groups in total. The van der Waals surface area contributed by atoms with Crippen molar-refractivity contribution in [2.75, 3.05) is 7.11 Å². The van der Waals surface area contributed by atoms with Crippen molar-refractivity contribution in [3.8, 4) is 5.75 Å². The molecular formula is C18H21NO. The quantitative estimate of drug-likeness (QED) is 0.924. The SMILES string of the molecule is COc1ccccc1CC1(N)CCCc2ccccc21. The van der Waals surface area contributed by atoms with Gasteiger partial charge in [0.25, 0.3) is 0 Å². The van der Waals surface area contributed by atoms with Crippen LogP contribution in [0, 0.1) is 0 Å². The molecule has 1 unspecified atom stereocenters. The smallest absolute Gasteiger partial charge is 0.122 e. The lowest BCUT2D eigenvalue weighted by Crippen LogP contribution is -2.42. The molecule has 104 valence electrons. The first kappa shape index (κ1) is 13.2. The van der Waals surface area contributed by atoms with Crippen molar-refractivity contribution in [1.29, 1.82) is 0 Å². The minimum Gasteiger partial charge on any atom is -0.496 e. The molecule has 0 aromatic heterocycles. The highest BCUT2D eigenvalue weighted by Gasteiger charge is 2.33. The van der Waals surface area contributed by atoms with Gasteiger partial charge in [0, 0.05) is 5.54 Å². The van der Waals surface area contributed by atoms with E-state index in [1.165, 1.54) is 16.7 Å². The van der Waals surface area contributed by atoms with Crippen molar-refractivity contribution in [1.82, 2.24) is 0 Å². The lowest BCUT2D eigenvalue weighted by atomic mass is 9.74. The standard InChI is InChI=1S/C18H21NO/c1-20-17-11-5-3-8-15(17)13-18(19)12-6-9-14-7-2-4-10-16(14)18/h2-5,7-8,10-11H,6,9,12-13,19H2,1H3. The molecule has 0 saturated carbocycles. The summed E-state index contributed by atoms with van der Waals surface area (Å²) in [5.74, 6) is 0.931. The number of hydrogen-bond acceptors (Lipinski definition) is 2. The van der Waals surface area contributed by atoms with Crippen LogP contribution >= 0.6 is 0 Å². The third kappa shape index (κ3) is 2.32. The fourth-order valence-electron chi connectivity index (χ4n) is 3.33. The van der Waals surface area contributed by atoms with E-state index in [4.69, 9.17) is 10.5 Å². The molecule has 0 saturated heterocycles. The average Bonchev–Trinajstić information content (AvgIpc) is 2.48. The second kappa shape index (κ2) is 5.29. The number of fused-ring (bicyclic) bond motifs is 1. The Bertz CT molecular complexity index is 608. The highest BCUT2D eigenvalue weighted by molar-refractivity contribution is 5.41. The van der Waals surface area contributed by atoms with Crippen molar-refractivity contribution < 1.29 is 4.74 Å². The predicted octanol–water partition coefficient (Wildman–Crippen LogP) is 3.43. The zero-order chi connectivity index (χ0) is 14.0. The molecule has 0 spiro atoms. The highest BCUT2D eigenvalue weighted by atomic mass is 16.5. The van der Waals surface area contributed by atoms with Gasteiger partial charge in [0.1, 0.15) is 5.75 Å². The summed E-state index contributed by atoms with van der Waals surface area (Å²) in [6.07, 6.45) is 4.15. The normalized spacial score (nSPS) is 21.3. The Kier molecular flexibility index (Phi) is 3.49. The Balaban J connectivity index is 1.98. The first-order valence-electron chi connectivity index (χ1n) is 7.22. The van der Waals surface area contributed by atoms with Gasteiger partial charge in [0.2, 0.25) is 0 Å². The summed E-state index contributed by atoms with van der Waals surface area (Å²) < 4.78 is 5.46. The molecule has 1 aliphatic rings. The van der Waals surface area contributed by atoms with Crippen molar-refractivity contribution in [2.24, 2.45) is 5.73 Å². The number of nitrogens with two attached hydrogens (primary N) is 1. The van der Waals surface area contributed by atoms with Crippen LogP contribution in [-0.4, -0.2) is 7.11 Å². The van der Waals surface area contributed by atoms with E-state index in [9.17, 15) is 0 Å². The maximum absolute atomic E-state index is 6.77. The molecule has 0 bridgehead atoms. The van der Waals surface area contributed by atoms with E-state index in [1.807, 2.05) is 12.1 Å². The van der Waals surface area contributed by atoms with Gasteiger partial charge in [-0.3, -0.25) is 0 Å². The Morgan fingerprint density at radius 2 is 1.85 bits per heavy atom. The van der Waals surface area contributed by atoms with Crippen LogP contribution in [-0.2, 0) is 18.4 Å². The molecular weight excluding hydrogens is 246 g/mol. The van der Waals surface area contributed by atoms with Gasteiger partial charge in [0.05, 0.1) is 7.11 Å². The zero-order valence-corrected chi connectivity index (χ0v) is 11.9. The fraction of sp³-hybridized carbons (Fsp3) is 0.333. The Morgan fingerprint density at radius 1 is 1.10 bits per heavy atom. The third-order valence-corrected chi connectivity index (χ3v) is 4.32. The van der Waals surface area contributed by atoms with Crippen LogP contribution in [0.5, 0.6) is 5.75 Å². The van der Waals surface area contributed by atoms with Gasteiger partial charge >= 0.3 is 0 Å². The van der Waals surface area contributed by atoms with Crippen LogP contribution in [0.4, 0.5) is 0 Å². The maximum Gasteiger partial charge on any atom is 0.122 e. The van der Waals surface area contributed by atoms with Gasteiger partial charge in [0.15, 0.2) is 0 Å². The zero-order valence-electron chi connectivity index (χ0n) is 11.9. The van der Waals surface area contributed by atoms with E-state index in [0.717, 1.165) is 31.4 Å². The molecule has 0 radical (unpaired) electrons. The summed E-state index contributed by atoms with van der Waals surface area (Å²) in [6.45, 7) is 0. The second-order valence-corrected chi connectivity index (χ2v) is 5.66. The molecule has 2 aromatic rings. The van der Waals surface area contributed by atoms with Crippen molar-refractivity contribution >= 4 is 0 Å². The minimum atomic E-state index is -0.274. The van der Waals surface area contributed by atoms with E-state index < -0.39 is 0 Å². The number of hydrogen-bond donors (Lipinski definition) is 1. The van der Waals surface area contributed by atoms with Gasteiger partial charge < -0.3 is 10.5 Å². The van der Waals surface area contributed by atoms with E-state index >= 15 is 0 Å². The van der Waals surface area contributed by atoms with Crippen LogP contribution in [0.15, 0.2) is 48.5 Å². The molecule has 0 aliphatic heterocycles. The predicted molar refractivity (Wildman–Crippen MR) is 81.9 cm³/mol. The van der Waals surface area contributed by atoms with Gasteiger partial charge in [-0.1, -0.05) is 42.5 Å². The van der Waals surface area contributed by atoms with E-state index in [2.05, 4.69) is 36.4 Å². The van der Waals surface area contributed by atoms with E-state index in [1.54, 1.807) is 7.11 Å². The number of benzene rings is 2. The Labute approximate surface area is 120 Å². The molecule has 2 heteroatoms. The largest absolute Gasteiger partial charge is 0.496 e. The van der Waals surface area contributed by atoms with Crippen molar-refractivity contribution in [3.05, 3.63) is 65.2 Å². The van der Waals surface area contributed by atoms with Gasteiger partial charge in [-0.15, -0.1) is 0 Å². The van der Waals surface area contributed by atoms with Crippen LogP contribution in [0.1, 0.15) is 29.5 Å². The topological polar surface area (TPSA) is 35.2 Å². The molecule has 2 aromatic carbocycles. The number of rotatable bonds is 3. The molecule has 2 nitrogen and oxygen atoms in total. The summed E-state index contributed by atoms with van der Waals surface area (Å²) >= 11 is 0. The Hall–Kier alpha value is -1.80. The summed E-state index contributed by atoms with van der Waals surface area (Å²) in [5.41, 5.74) is 10.4. The van der Waals surface area contributed by atoms with Crippen LogP contribution in [0.3, 0.4) is 0 Å². The first-order valence-corrected chi connectivity index (χ1v) is 7.22. The number of methoxy groups -OCH3 is 1. The minimum absolute atomic E-state index is 0.274. The number of aryl methyl sites for hydroxylation is 1. The lowest BCUT2D eigenvalue weighted by Gasteiger charge is -2.36. The monoisotopic (exact) mass is 267 g/mol. The molecule has 0 amide bonds. The van der Waals surface area contributed by atoms with E-state index in [0.29, 0.717) is 0 Å². The molecule has 0 heterocycles. The highest BCUT2D eigenvalue weighted by Crippen LogP contribution is 2.37. The fourth-order valence-corrected chi connectivity index (χ4v) is 3.33. The van der Waals surface area contributed by atoms with Crippen molar-refractivity contribution in [3.63, 3.8) is 0 Å². The van der Waals surface area contributed by atoms with Crippen molar-refractivity contribution in [2.45, 2.75) is 31.2 Å². The second-order valence-electron chi connectivity index (χ2n) is 5.66. The molecule has 1 atom stereocenters. The molecule has 0 fully saturated rings. The Morgan fingerprint density at radius 3 is 2.70 bits per heavy atom. The summed E-state index contributed by atoms with van der Waals surface area (Å²) in [5, 5.41) is 0. The lowest BCUT2D eigenvalue weighted by molar-refractivity contribution is 0.356. The van der Waals surface area contributed by atoms with Crippen LogP contribution in [0.2, 0.25) is 0 Å². The van der Waals surface area contributed by atoms with E-state index in [-0.39, 0.29) is 5.54 Å².